The lowest BCUT2D eigenvalue weighted by atomic mass is 10.2. The van der Waals surface area contributed by atoms with Crippen LogP contribution in [0.15, 0.2) is 41.3 Å². The first-order valence-electron chi connectivity index (χ1n) is 5.18. The van der Waals surface area contributed by atoms with E-state index >= 15 is 0 Å². The monoisotopic (exact) mass is 301 g/mol. The zero-order chi connectivity index (χ0) is 13.1. The van der Waals surface area contributed by atoms with Gasteiger partial charge < -0.3 is 5.73 Å². The molecule has 1 nitrogen and oxygen atoms in total. The maximum atomic E-state index is 13.6. The van der Waals surface area contributed by atoms with Crippen molar-refractivity contribution in [3.05, 3.63) is 57.8 Å². The molecule has 2 aromatic rings. The average Bonchev–Trinajstić information content (AvgIpc) is 2.32. The van der Waals surface area contributed by atoms with E-state index < -0.39 is 0 Å². The highest BCUT2D eigenvalue weighted by atomic mass is 35.5. The van der Waals surface area contributed by atoms with E-state index in [-0.39, 0.29) is 5.82 Å². The molecule has 0 heterocycles. The van der Waals surface area contributed by atoms with Gasteiger partial charge >= 0.3 is 0 Å². The fourth-order valence-corrected chi connectivity index (χ4v) is 2.81. The second-order valence-corrected chi connectivity index (χ2v) is 5.60. The molecule has 0 saturated carbocycles. The molecule has 18 heavy (non-hydrogen) atoms. The first-order chi connectivity index (χ1) is 8.56. The molecule has 0 unspecified atom stereocenters. The molecule has 0 atom stereocenters. The van der Waals surface area contributed by atoms with Gasteiger partial charge in [-0.3, -0.25) is 0 Å². The Morgan fingerprint density at radius 2 is 1.72 bits per heavy atom. The smallest absolute Gasteiger partial charge is 0.128 e. The predicted molar refractivity (Wildman–Crippen MR) is 76.8 cm³/mol. The van der Waals surface area contributed by atoms with E-state index in [2.05, 4.69) is 0 Å². The summed E-state index contributed by atoms with van der Waals surface area (Å²) in [5, 5.41) is 1.01. The molecule has 0 saturated heterocycles. The Morgan fingerprint density at radius 1 is 1.06 bits per heavy atom. The predicted octanol–water partition coefficient (Wildman–Crippen LogP) is 5.01. The van der Waals surface area contributed by atoms with Gasteiger partial charge in [0.2, 0.25) is 0 Å². The largest absolute Gasteiger partial charge is 0.398 e. The Balaban J connectivity index is 2.13. The molecule has 5 heteroatoms. The molecule has 0 spiro atoms. The summed E-state index contributed by atoms with van der Waals surface area (Å²) in [6.45, 7) is 0. The number of hydrogen-bond donors (Lipinski definition) is 1. The normalized spacial score (nSPS) is 10.6. The lowest BCUT2D eigenvalue weighted by molar-refractivity contribution is 0.617. The summed E-state index contributed by atoms with van der Waals surface area (Å²) in [5.41, 5.74) is 7.05. The molecule has 0 amide bonds. The molecule has 0 aliphatic heterocycles. The third-order valence-corrected chi connectivity index (χ3v) is 3.96. The number of nitrogens with two attached hydrogens (primary N) is 1. The van der Waals surface area contributed by atoms with E-state index in [1.807, 2.05) is 0 Å². The van der Waals surface area contributed by atoms with Gasteiger partial charge in [0.1, 0.15) is 5.82 Å². The van der Waals surface area contributed by atoms with Crippen LogP contribution in [0.1, 0.15) is 5.56 Å². The number of nitrogen functional groups attached to an aromatic ring is 1. The third-order valence-electron chi connectivity index (χ3n) is 2.37. The topological polar surface area (TPSA) is 26.0 Å². The Hall–Kier alpha value is -0.900. The summed E-state index contributed by atoms with van der Waals surface area (Å²) in [6, 6.07) is 9.88. The van der Waals surface area contributed by atoms with E-state index in [0.717, 1.165) is 4.90 Å². The van der Waals surface area contributed by atoms with E-state index in [4.69, 9.17) is 28.9 Å². The van der Waals surface area contributed by atoms with Crippen LogP contribution in [-0.4, -0.2) is 0 Å². The molecule has 0 aliphatic carbocycles. The van der Waals surface area contributed by atoms with Crippen molar-refractivity contribution in [2.75, 3.05) is 5.73 Å². The van der Waals surface area contributed by atoms with Crippen molar-refractivity contribution in [1.29, 1.82) is 0 Å². The lowest BCUT2D eigenvalue weighted by Crippen LogP contribution is -1.91. The van der Waals surface area contributed by atoms with Gasteiger partial charge in [0.15, 0.2) is 0 Å². The highest BCUT2D eigenvalue weighted by Crippen LogP contribution is 2.31. The van der Waals surface area contributed by atoms with Crippen LogP contribution in [0.5, 0.6) is 0 Å². The standard InChI is InChI=1S/C13H10Cl2FNS/c14-9-2-1-8(11(16)5-9)7-18-13-6-10(15)3-4-12(13)17/h1-6H,7,17H2. The van der Waals surface area contributed by atoms with Crippen molar-refractivity contribution in [2.45, 2.75) is 10.6 Å². The minimum Gasteiger partial charge on any atom is -0.398 e. The Morgan fingerprint density at radius 3 is 2.44 bits per heavy atom. The minimum absolute atomic E-state index is 0.310. The van der Waals surface area contributed by atoms with Crippen LogP contribution < -0.4 is 5.73 Å². The zero-order valence-corrected chi connectivity index (χ0v) is 11.6. The Labute approximate surface area is 119 Å². The summed E-state index contributed by atoms with van der Waals surface area (Å²) < 4.78 is 13.6. The summed E-state index contributed by atoms with van der Waals surface area (Å²) in [5.74, 6) is 0.170. The number of rotatable bonds is 3. The van der Waals surface area contributed by atoms with Crippen molar-refractivity contribution in [1.82, 2.24) is 0 Å². The summed E-state index contributed by atoms with van der Waals surface area (Å²) in [7, 11) is 0. The van der Waals surface area contributed by atoms with E-state index in [0.29, 0.717) is 27.0 Å². The number of benzene rings is 2. The maximum Gasteiger partial charge on any atom is 0.128 e. The third kappa shape index (κ3) is 3.31. The lowest BCUT2D eigenvalue weighted by Gasteiger charge is -2.07. The molecule has 0 fully saturated rings. The molecule has 0 aliphatic rings. The molecule has 2 N–H and O–H groups in total. The van der Waals surface area contributed by atoms with Gasteiger partial charge in [-0.2, -0.15) is 0 Å². The second kappa shape index (κ2) is 5.83. The van der Waals surface area contributed by atoms with Crippen molar-refractivity contribution < 1.29 is 4.39 Å². The molecular weight excluding hydrogens is 292 g/mol. The molecule has 0 aromatic heterocycles. The first kappa shape index (κ1) is 13.5. The van der Waals surface area contributed by atoms with Crippen LogP contribution >= 0.6 is 35.0 Å². The number of thioether (sulfide) groups is 1. The number of anilines is 1. The van der Waals surface area contributed by atoms with Crippen LogP contribution in [0.25, 0.3) is 0 Å². The fourth-order valence-electron chi connectivity index (χ4n) is 1.43. The Bertz CT molecular complexity index is 575. The van der Waals surface area contributed by atoms with Crippen LogP contribution in [0.2, 0.25) is 10.0 Å². The van der Waals surface area contributed by atoms with Crippen molar-refractivity contribution in [3.63, 3.8) is 0 Å². The molecule has 0 bridgehead atoms. The van der Waals surface area contributed by atoms with Gasteiger partial charge in [-0.05, 0) is 35.9 Å². The summed E-state index contributed by atoms with van der Waals surface area (Å²) in [4.78, 5) is 0.844. The number of halogens is 3. The van der Waals surface area contributed by atoms with E-state index in [9.17, 15) is 4.39 Å². The van der Waals surface area contributed by atoms with Crippen LogP contribution in [0.4, 0.5) is 10.1 Å². The van der Waals surface area contributed by atoms with Crippen molar-refractivity contribution >= 4 is 40.7 Å². The zero-order valence-electron chi connectivity index (χ0n) is 9.29. The highest BCUT2D eigenvalue weighted by Gasteiger charge is 2.06. The highest BCUT2D eigenvalue weighted by molar-refractivity contribution is 7.98. The van der Waals surface area contributed by atoms with E-state index in [1.165, 1.54) is 17.8 Å². The van der Waals surface area contributed by atoms with Crippen LogP contribution in [0, 0.1) is 5.82 Å². The molecule has 2 rings (SSSR count). The summed E-state index contributed by atoms with van der Waals surface area (Å²) >= 11 is 13.0. The Kier molecular flexibility index (Phi) is 4.38. The minimum atomic E-state index is -0.310. The van der Waals surface area contributed by atoms with Crippen molar-refractivity contribution in [3.8, 4) is 0 Å². The first-order valence-corrected chi connectivity index (χ1v) is 6.92. The van der Waals surface area contributed by atoms with Crippen molar-refractivity contribution in [2.24, 2.45) is 0 Å². The SMILES string of the molecule is Nc1ccc(Cl)cc1SCc1ccc(Cl)cc1F. The molecule has 0 radical (unpaired) electrons. The fraction of sp³-hybridized carbons (Fsp3) is 0.0769. The van der Waals surface area contributed by atoms with Gasteiger partial charge in [-0.15, -0.1) is 11.8 Å². The number of hydrogen-bond acceptors (Lipinski definition) is 2. The van der Waals surface area contributed by atoms with Crippen LogP contribution in [-0.2, 0) is 5.75 Å². The molecule has 94 valence electrons. The quantitative estimate of drug-likeness (QED) is 0.637. The van der Waals surface area contributed by atoms with Gasteiger partial charge in [0.25, 0.3) is 0 Å². The molecular formula is C13H10Cl2FNS. The second-order valence-electron chi connectivity index (χ2n) is 3.71. The average molecular weight is 302 g/mol. The van der Waals surface area contributed by atoms with E-state index in [1.54, 1.807) is 30.3 Å². The van der Waals surface area contributed by atoms with Gasteiger partial charge in [0, 0.05) is 26.4 Å². The van der Waals surface area contributed by atoms with Gasteiger partial charge in [-0.1, -0.05) is 29.3 Å². The summed E-state index contributed by atoms with van der Waals surface area (Å²) in [6.07, 6.45) is 0. The van der Waals surface area contributed by atoms with Gasteiger partial charge in [0.05, 0.1) is 0 Å². The van der Waals surface area contributed by atoms with Gasteiger partial charge in [-0.25, -0.2) is 4.39 Å². The molecule has 2 aromatic carbocycles. The maximum absolute atomic E-state index is 13.6. The van der Waals surface area contributed by atoms with Crippen LogP contribution in [0.3, 0.4) is 0 Å².